The van der Waals surface area contributed by atoms with Gasteiger partial charge in [0.05, 0.1) is 7.11 Å². The highest BCUT2D eigenvalue weighted by Crippen LogP contribution is 2.43. The molecule has 0 radical (unpaired) electrons. The quantitative estimate of drug-likeness (QED) is 0.711. The summed E-state index contributed by atoms with van der Waals surface area (Å²) in [5, 5.41) is 29.4. The van der Waals surface area contributed by atoms with Gasteiger partial charge in [-0.15, -0.1) is 0 Å². The molecule has 0 amide bonds. The van der Waals surface area contributed by atoms with Crippen molar-refractivity contribution >= 4 is 11.8 Å². The smallest absolute Gasteiger partial charge is 0.303 e. The van der Waals surface area contributed by atoms with Gasteiger partial charge in [-0.1, -0.05) is 6.07 Å². The van der Waals surface area contributed by atoms with Crippen LogP contribution in [0.15, 0.2) is 30.3 Å². The van der Waals surface area contributed by atoms with Gasteiger partial charge in [0.25, 0.3) is 0 Å². The molecular formula is C18H16O8. The lowest BCUT2D eigenvalue weighted by Crippen LogP contribution is -2.39. The number of aromatic hydroxyl groups is 3. The second-order valence-electron chi connectivity index (χ2n) is 5.70. The standard InChI is InChI=1S/C18H16O8/c1-8(19)25-18-16(23)15-12(22)6-10(20)7-14(15)26-17(18)9-3-4-11(21)13(5-9)24-2/h3-7,17-18,20-22H,1-2H3/t17-,18-/m1/s1. The molecule has 0 saturated heterocycles. The van der Waals surface area contributed by atoms with E-state index in [0.717, 1.165) is 13.0 Å². The molecule has 8 heteroatoms. The number of fused-ring (bicyclic) bond motifs is 1. The number of carbonyl (C=O) groups is 2. The van der Waals surface area contributed by atoms with E-state index in [2.05, 4.69) is 0 Å². The van der Waals surface area contributed by atoms with Crippen LogP contribution in [0.25, 0.3) is 0 Å². The monoisotopic (exact) mass is 360 g/mol. The maximum absolute atomic E-state index is 12.8. The first-order chi connectivity index (χ1) is 12.3. The molecule has 0 unspecified atom stereocenters. The predicted octanol–water partition coefficient (Wildman–Crippen LogP) is 2.06. The van der Waals surface area contributed by atoms with Crippen molar-refractivity contribution < 1.29 is 39.1 Å². The second-order valence-corrected chi connectivity index (χ2v) is 5.70. The van der Waals surface area contributed by atoms with Crippen molar-refractivity contribution in [3.05, 3.63) is 41.5 Å². The molecule has 2 atom stereocenters. The zero-order valence-electron chi connectivity index (χ0n) is 13.9. The van der Waals surface area contributed by atoms with E-state index in [0.29, 0.717) is 5.56 Å². The Bertz CT molecular complexity index is 889. The molecule has 3 N–H and O–H groups in total. The van der Waals surface area contributed by atoms with Gasteiger partial charge in [-0.25, -0.2) is 0 Å². The summed E-state index contributed by atoms with van der Waals surface area (Å²) in [6, 6.07) is 6.45. The molecule has 0 aliphatic carbocycles. The molecule has 0 aromatic heterocycles. The molecular weight excluding hydrogens is 344 g/mol. The molecule has 8 nitrogen and oxygen atoms in total. The molecule has 0 bridgehead atoms. The van der Waals surface area contributed by atoms with Crippen LogP contribution < -0.4 is 9.47 Å². The molecule has 136 valence electrons. The maximum Gasteiger partial charge on any atom is 0.303 e. The van der Waals surface area contributed by atoms with Gasteiger partial charge in [-0.2, -0.15) is 0 Å². The largest absolute Gasteiger partial charge is 0.508 e. The maximum atomic E-state index is 12.8. The average molecular weight is 360 g/mol. The fourth-order valence-electron chi connectivity index (χ4n) is 2.81. The third-order valence-corrected chi connectivity index (χ3v) is 3.93. The van der Waals surface area contributed by atoms with E-state index in [1.165, 1.54) is 31.4 Å². The van der Waals surface area contributed by atoms with E-state index in [1.807, 2.05) is 0 Å². The van der Waals surface area contributed by atoms with Crippen LogP contribution in [0.1, 0.15) is 28.9 Å². The molecule has 0 spiro atoms. The minimum Gasteiger partial charge on any atom is -0.508 e. The van der Waals surface area contributed by atoms with Gasteiger partial charge in [0.15, 0.2) is 17.6 Å². The summed E-state index contributed by atoms with van der Waals surface area (Å²) in [4.78, 5) is 24.3. The van der Waals surface area contributed by atoms with Crippen LogP contribution in [0.2, 0.25) is 0 Å². The third-order valence-electron chi connectivity index (χ3n) is 3.93. The molecule has 1 heterocycles. The summed E-state index contributed by atoms with van der Waals surface area (Å²) in [5.41, 5.74) is 0.212. The number of benzene rings is 2. The number of Topliss-reactive ketones (excluding diaryl/α,β-unsaturated/α-hetero) is 1. The third kappa shape index (κ3) is 2.97. The highest BCUT2D eigenvalue weighted by molar-refractivity contribution is 6.06. The zero-order valence-corrected chi connectivity index (χ0v) is 13.9. The highest BCUT2D eigenvalue weighted by Gasteiger charge is 2.42. The molecule has 3 rings (SSSR count). The van der Waals surface area contributed by atoms with Crippen LogP contribution in [0.5, 0.6) is 28.7 Å². The second kappa shape index (κ2) is 6.47. The SMILES string of the molecule is COc1cc([C@H]2Oc3cc(O)cc(O)c3C(=O)[C@H]2OC(C)=O)ccc1O. The number of phenolic OH excluding ortho intramolecular Hbond substituents is 3. The molecule has 1 aliphatic heterocycles. The topological polar surface area (TPSA) is 123 Å². The Morgan fingerprint density at radius 1 is 1.12 bits per heavy atom. The Balaban J connectivity index is 2.13. The van der Waals surface area contributed by atoms with Crippen LogP contribution in [-0.2, 0) is 9.53 Å². The number of ether oxygens (including phenoxy) is 3. The summed E-state index contributed by atoms with van der Waals surface area (Å²) in [7, 11) is 1.36. The van der Waals surface area contributed by atoms with Gasteiger partial charge in [-0.3, -0.25) is 9.59 Å². The lowest BCUT2D eigenvalue weighted by molar-refractivity contribution is -0.148. The number of ketones is 1. The highest BCUT2D eigenvalue weighted by atomic mass is 16.6. The molecule has 2 aromatic carbocycles. The summed E-state index contributed by atoms with van der Waals surface area (Å²) in [5.74, 6) is -2.16. The van der Waals surface area contributed by atoms with E-state index in [-0.39, 0.29) is 28.6 Å². The summed E-state index contributed by atoms with van der Waals surface area (Å²) in [6.07, 6.45) is -2.42. The lowest BCUT2D eigenvalue weighted by Gasteiger charge is -2.32. The van der Waals surface area contributed by atoms with Gasteiger partial charge in [0.1, 0.15) is 22.8 Å². The van der Waals surface area contributed by atoms with Gasteiger partial charge < -0.3 is 29.5 Å². The van der Waals surface area contributed by atoms with Gasteiger partial charge in [0.2, 0.25) is 11.9 Å². The number of hydrogen-bond acceptors (Lipinski definition) is 8. The van der Waals surface area contributed by atoms with Crippen molar-refractivity contribution in [3.8, 4) is 28.7 Å². The van der Waals surface area contributed by atoms with Gasteiger partial charge >= 0.3 is 5.97 Å². The van der Waals surface area contributed by atoms with Crippen LogP contribution in [0.4, 0.5) is 0 Å². The minimum absolute atomic E-state index is 0.0482. The Morgan fingerprint density at radius 3 is 2.50 bits per heavy atom. The molecule has 0 fully saturated rings. The van der Waals surface area contributed by atoms with E-state index >= 15 is 0 Å². The van der Waals surface area contributed by atoms with E-state index in [1.54, 1.807) is 0 Å². The van der Waals surface area contributed by atoms with Crippen LogP contribution >= 0.6 is 0 Å². The first-order valence-electron chi connectivity index (χ1n) is 7.62. The number of esters is 1. The van der Waals surface area contributed by atoms with Crippen molar-refractivity contribution in [1.29, 1.82) is 0 Å². The van der Waals surface area contributed by atoms with Crippen molar-refractivity contribution in [2.45, 2.75) is 19.1 Å². The average Bonchev–Trinajstić information content (AvgIpc) is 2.56. The van der Waals surface area contributed by atoms with Gasteiger partial charge in [0, 0.05) is 24.6 Å². The number of methoxy groups -OCH3 is 1. The lowest BCUT2D eigenvalue weighted by atomic mass is 9.92. The van der Waals surface area contributed by atoms with Crippen LogP contribution in [-0.4, -0.2) is 40.3 Å². The Labute approximate surface area is 148 Å². The first-order valence-corrected chi connectivity index (χ1v) is 7.62. The van der Waals surface area contributed by atoms with E-state index in [9.17, 15) is 24.9 Å². The van der Waals surface area contributed by atoms with E-state index in [4.69, 9.17) is 14.2 Å². The summed E-state index contributed by atoms with van der Waals surface area (Å²) >= 11 is 0. The molecule has 2 aromatic rings. The summed E-state index contributed by atoms with van der Waals surface area (Å²) < 4.78 is 15.9. The van der Waals surface area contributed by atoms with Crippen LogP contribution in [0.3, 0.4) is 0 Å². The zero-order chi connectivity index (χ0) is 19.0. The van der Waals surface area contributed by atoms with Crippen molar-refractivity contribution in [2.24, 2.45) is 0 Å². The molecule has 26 heavy (non-hydrogen) atoms. The Kier molecular flexibility index (Phi) is 4.33. The van der Waals surface area contributed by atoms with Crippen molar-refractivity contribution in [3.63, 3.8) is 0 Å². The summed E-state index contributed by atoms with van der Waals surface area (Å²) in [6.45, 7) is 1.15. The first kappa shape index (κ1) is 17.4. The number of phenols is 3. The fraction of sp³-hybridized carbons (Fsp3) is 0.222. The normalized spacial score (nSPS) is 18.6. The van der Waals surface area contributed by atoms with Crippen molar-refractivity contribution in [2.75, 3.05) is 7.11 Å². The van der Waals surface area contributed by atoms with Gasteiger partial charge in [-0.05, 0) is 12.1 Å². The Morgan fingerprint density at radius 2 is 1.85 bits per heavy atom. The predicted molar refractivity (Wildman–Crippen MR) is 87.7 cm³/mol. The molecule has 1 aliphatic rings. The minimum atomic E-state index is -1.36. The number of rotatable bonds is 3. The molecule has 0 saturated carbocycles. The van der Waals surface area contributed by atoms with Crippen molar-refractivity contribution in [1.82, 2.24) is 0 Å². The fourth-order valence-corrected chi connectivity index (χ4v) is 2.81. The van der Waals surface area contributed by atoms with Crippen LogP contribution in [0, 0.1) is 0 Å². The number of carbonyl (C=O) groups excluding carboxylic acids is 2. The number of hydrogen-bond donors (Lipinski definition) is 3. The van der Waals surface area contributed by atoms with E-state index < -0.39 is 29.7 Å². The Hall–Kier alpha value is -3.42.